The zero-order valence-electron chi connectivity index (χ0n) is 19.4. The van der Waals surface area contributed by atoms with Gasteiger partial charge in [0.2, 0.25) is 10.0 Å². The lowest BCUT2D eigenvalue weighted by molar-refractivity contribution is 0.597. The van der Waals surface area contributed by atoms with E-state index in [0.717, 1.165) is 39.5 Å². The smallest absolute Gasteiger partial charge is 0.238 e. The summed E-state index contributed by atoms with van der Waals surface area (Å²) < 4.78 is 39.1. The van der Waals surface area contributed by atoms with Gasteiger partial charge in [0.25, 0.3) is 0 Å². The summed E-state index contributed by atoms with van der Waals surface area (Å²) >= 11 is 0. The first-order chi connectivity index (χ1) is 17.4. The van der Waals surface area contributed by atoms with Gasteiger partial charge in [-0.1, -0.05) is 72.8 Å². The van der Waals surface area contributed by atoms with Crippen LogP contribution in [0.15, 0.2) is 114 Å². The molecule has 2 N–H and O–H groups in total. The van der Waals surface area contributed by atoms with E-state index >= 15 is 0 Å². The number of halogens is 1. The van der Waals surface area contributed by atoms with E-state index in [-0.39, 0.29) is 10.7 Å². The molecule has 0 unspecified atom stereocenters. The molecular weight excluding hydrogens is 473 g/mol. The van der Waals surface area contributed by atoms with E-state index < -0.39 is 10.0 Å². The van der Waals surface area contributed by atoms with E-state index in [1.54, 1.807) is 24.3 Å². The van der Waals surface area contributed by atoms with Crippen LogP contribution in [0.3, 0.4) is 0 Å². The van der Waals surface area contributed by atoms with Crippen LogP contribution in [-0.4, -0.2) is 18.0 Å². The number of aromatic nitrogens is 2. The van der Waals surface area contributed by atoms with E-state index in [1.807, 2.05) is 48.5 Å². The highest BCUT2D eigenvalue weighted by atomic mass is 32.2. The molecule has 0 spiro atoms. The van der Waals surface area contributed by atoms with Crippen molar-refractivity contribution in [2.45, 2.75) is 17.9 Å². The molecule has 1 heterocycles. The number of benzene rings is 4. The maximum Gasteiger partial charge on any atom is 0.238 e. The fourth-order valence-electron chi connectivity index (χ4n) is 4.26. The highest BCUT2D eigenvalue weighted by Gasteiger charge is 2.21. The predicted octanol–water partition coefficient (Wildman–Crippen LogP) is 5.91. The third-order valence-electron chi connectivity index (χ3n) is 6.04. The van der Waals surface area contributed by atoms with Crippen molar-refractivity contribution in [2.75, 3.05) is 0 Å². The van der Waals surface area contributed by atoms with Crippen molar-refractivity contribution in [1.82, 2.24) is 9.55 Å². The van der Waals surface area contributed by atoms with E-state index in [0.29, 0.717) is 13.0 Å². The standard InChI is InChI=1S/C29H24FN3O2S/c30-25-15-13-24(14-16-25)29-32-27(22-7-3-1-4-8-22)28(23-9-5-2-6-10-23)33(29)20-19-21-11-17-26(18-12-21)36(31,34)35/h1-18H,19-20H2,(H2,31,34,35). The summed E-state index contributed by atoms with van der Waals surface area (Å²) in [5.41, 5.74) is 5.56. The van der Waals surface area contributed by atoms with Crippen LogP contribution in [-0.2, 0) is 23.0 Å². The Kier molecular flexibility index (Phi) is 6.50. The first-order valence-corrected chi connectivity index (χ1v) is 13.0. The summed E-state index contributed by atoms with van der Waals surface area (Å²) in [5.74, 6) is 0.423. The van der Waals surface area contributed by atoms with E-state index in [1.165, 1.54) is 24.3 Å². The van der Waals surface area contributed by atoms with Gasteiger partial charge in [-0.15, -0.1) is 0 Å². The number of aryl methyl sites for hydroxylation is 1. The molecule has 5 aromatic rings. The van der Waals surface area contributed by atoms with E-state index in [4.69, 9.17) is 10.1 Å². The third-order valence-corrected chi connectivity index (χ3v) is 6.97. The number of hydrogen-bond donors (Lipinski definition) is 1. The van der Waals surface area contributed by atoms with Crippen molar-refractivity contribution < 1.29 is 12.8 Å². The molecule has 5 nitrogen and oxygen atoms in total. The molecule has 0 aliphatic carbocycles. The summed E-state index contributed by atoms with van der Waals surface area (Å²) in [7, 11) is -3.75. The molecular formula is C29H24FN3O2S. The van der Waals surface area contributed by atoms with Gasteiger partial charge in [0.05, 0.1) is 16.3 Å². The van der Waals surface area contributed by atoms with Crippen molar-refractivity contribution in [2.24, 2.45) is 5.14 Å². The highest BCUT2D eigenvalue weighted by molar-refractivity contribution is 7.89. The number of imidazole rings is 1. The lowest BCUT2D eigenvalue weighted by atomic mass is 10.0. The van der Waals surface area contributed by atoms with Gasteiger partial charge in [0, 0.05) is 23.2 Å². The van der Waals surface area contributed by atoms with Gasteiger partial charge in [0.1, 0.15) is 11.6 Å². The fourth-order valence-corrected chi connectivity index (χ4v) is 4.78. The molecule has 36 heavy (non-hydrogen) atoms. The SMILES string of the molecule is NS(=O)(=O)c1ccc(CCn2c(-c3ccc(F)cc3)nc(-c3ccccc3)c2-c2ccccc2)cc1. The minimum atomic E-state index is -3.75. The first-order valence-electron chi connectivity index (χ1n) is 11.5. The van der Waals surface area contributed by atoms with Crippen LogP contribution in [0, 0.1) is 5.82 Å². The summed E-state index contributed by atoms with van der Waals surface area (Å²) in [6.45, 7) is 0.575. The Labute approximate surface area is 209 Å². The van der Waals surface area contributed by atoms with Gasteiger partial charge in [-0.05, 0) is 48.4 Å². The number of nitrogens with zero attached hydrogens (tertiary/aromatic N) is 2. The molecule has 0 saturated carbocycles. The molecule has 7 heteroatoms. The maximum absolute atomic E-state index is 13.7. The van der Waals surface area contributed by atoms with Crippen molar-refractivity contribution in [3.05, 3.63) is 121 Å². The van der Waals surface area contributed by atoms with Crippen LogP contribution in [0.4, 0.5) is 4.39 Å². The third kappa shape index (κ3) is 4.98. The molecule has 4 aromatic carbocycles. The molecule has 0 amide bonds. The van der Waals surface area contributed by atoms with Crippen LogP contribution in [0.25, 0.3) is 33.9 Å². The second kappa shape index (κ2) is 9.89. The quantitative estimate of drug-likeness (QED) is 0.303. The van der Waals surface area contributed by atoms with Gasteiger partial charge in [-0.2, -0.15) is 0 Å². The van der Waals surface area contributed by atoms with Gasteiger partial charge < -0.3 is 4.57 Å². The Balaban J connectivity index is 1.64. The van der Waals surface area contributed by atoms with Crippen molar-refractivity contribution >= 4 is 10.0 Å². The molecule has 0 bridgehead atoms. The molecule has 0 radical (unpaired) electrons. The maximum atomic E-state index is 13.7. The van der Waals surface area contributed by atoms with Crippen molar-refractivity contribution in [3.8, 4) is 33.9 Å². The Morgan fingerprint density at radius 3 is 1.89 bits per heavy atom. The van der Waals surface area contributed by atoms with Gasteiger partial charge >= 0.3 is 0 Å². The van der Waals surface area contributed by atoms with E-state index in [2.05, 4.69) is 16.7 Å². The minimum absolute atomic E-state index is 0.0808. The first kappa shape index (κ1) is 23.7. The van der Waals surface area contributed by atoms with Crippen LogP contribution in [0.1, 0.15) is 5.56 Å². The second-order valence-electron chi connectivity index (χ2n) is 8.46. The molecule has 5 rings (SSSR count). The van der Waals surface area contributed by atoms with Crippen LogP contribution >= 0.6 is 0 Å². The van der Waals surface area contributed by atoms with Crippen molar-refractivity contribution in [1.29, 1.82) is 0 Å². The van der Waals surface area contributed by atoms with E-state index in [9.17, 15) is 12.8 Å². The molecule has 0 aliphatic rings. The predicted molar refractivity (Wildman–Crippen MR) is 140 cm³/mol. The second-order valence-corrected chi connectivity index (χ2v) is 10.0. The number of hydrogen-bond acceptors (Lipinski definition) is 3. The average molecular weight is 498 g/mol. The molecule has 1 aromatic heterocycles. The summed E-state index contributed by atoms with van der Waals surface area (Å²) in [5, 5.41) is 5.24. The number of primary sulfonamides is 1. The summed E-state index contributed by atoms with van der Waals surface area (Å²) in [6, 6.07) is 33.0. The molecule has 0 aliphatic heterocycles. The minimum Gasteiger partial charge on any atom is -0.323 e. The zero-order chi connectivity index (χ0) is 25.1. The number of sulfonamides is 1. The Hall–Kier alpha value is -4.07. The van der Waals surface area contributed by atoms with Gasteiger partial charge in [-0.25, -0.2) is 22.9 Å². The number of nitrogens with two attached hydrogens (primary N) is 1. The monoisotopic (exact) mass is 497 g/mol. The summed E-state index contributed by atoms with van der Waals surface area (Å²) in [6.07, 6.45) is 0.628. The number of rotatable bonds is 7. The normalized spacial score (nSPS) is 11.5. The fraction of sp³-hybridized carbons (Fsp3) is 0.0690. The molecule has 0 fully saturated rings. The molecule has 0 atom stereocenters. The van der Waals surface area contributed by atoms with Crippen LogP contribution in [0.5, 0.6) is 0 Å². The van der Waals surface area contributed by atoms with Crippen LogP contribution in [0.2, 0.25) is 0 Å². The van der Waals surface area contributed by atoms with Gasteiger partial charge in [-0.3, -0.25) is 0 Å². The lowest BCUT2D eigenvalue weighted by Gasteiger charge is -2.14. The highest BCUT2D eigenvalue weighted by Crippen LogP contribution is 2.36. The molecule has 180 valence electrons. The Bertz CT molecular complexity index is 1580. The van der Waals surface area contributed by atoms with Crippen LogP contribution < -0.4 is 5.14 Å². The lowest BCUT2D eigenvalue weighted by Crippen LogP contribution is -2.12. The van der Waals surface area contributed by atoms with Crippen molar-refractivity contribution in [3.63, 3.8) is 0 Å². The Morgan fingerprint density at radius 2 is 1.31 bits per heavy atom. The Morgan fingerprint density at radius 1 is 0.722 bits per heavy atom. The molecule has 0 saturated heterocycles. The summed E-state index contributed by atoms with van der Waals surface area (Å²) in [4.78, 5) is 5.14. The topological polar surface area (TPSA) is 78.0 Å². The largest absolute Gasteiger partial charge is 0.323 e. The van der Waals surface area contributed by atoms with Gasteiger partial charge in [0.15, 0.2) is 0 Å². The average Bonchev–Trinajstić information content (AvgIpc) is 3.28. The zero-order valence-corrected chi connectivity index (χ0v) is 20.2.